The maximum atomic E-state index is 5.13. The number of fused-ring (bicyclic) bond motifs is 6. The van der Waals surface area contributed by atoms with Crippen molar-refractivity contribution in [1.82, 2.24) is 19.1 Å². The Kier molecular flexibility index (Phi) is 8.82. The molecule has 298 valence electrons. The summed E-state index contributed by atoms with van der Waals surface area (Å²) in [5, 5.41) is 6.37. The highest BCUT2D eigenvalue weighted by Crippen LogP contribution is 2.36. The van der Waals surface area contributed by atoms with Crippen molar-refractivity contribution in [3.63, 3.8) is 0 Å². The zero-order valence-corrected chi connectivity index (χ0v) is 34.9. The van der Waals surface area contributed by atoms with Crippen LogP contribution in [0.15, 0.2) is 206 Å². The molecule has 0 aliphatic heterocycles. The molecule has 0 spiro atoms. The maximum Gasteiger partial charge on any atom is 0.160 e. The van der Waals surface area contributed by atoms with E-state index in [1.165, 1.54) is 60.1 Å². The smallest absolute Gasteiger partial charge is 0.160 e. The third kappa shape index (κ3) is 6.47. The lowest BCUT2D eigenvalue weighted by Crippen LogP contribution is -2.31. The van der Waals surface area contributed by atoms with E-state index in [0.29, 0.717) is 11.7 Å². The van der Waals surface area contributed by atoms with E-state index in [2.05, 4.69) is 210 Å². The largest absolute Gasteiger partial charge is 0.310 e. The highest BCUT2D eigenvalue weighted by atomic mass is 15.0. The van der Waals surface area contributed by atoms with E-state index in [-0.39, 0.29) is 0 Å². The van der Waals surface area contributed by atoms with Gasteiger partial charge in [-0.05, 0) is 101 Å². The van der Waals surface area contributed by atoms with Crippen LogP contribution in [0.2, 0.25) is 0 Å². The molecule has 1 aliphatic carbocycles. The molecule has 3 heterocycles. The van der Waals surface area contributed by atoms with Crippen LogP contribution in [0.4, 0.5) is 0 Å². The van der Waals surface area contributed by atoms with Crippen LogP contribution in [0.25, 0.3) is 112 Å². The van der Waals surface area contributed by atoms with Crippen LogP contribution < -0.4 is 10.6 Å². The molecule has 0 fully saturated rings. The van der Waals surface area contributed by atoms with Crippen molar-refractivity contribution in [3.8, 4) is 67.5 Å². The SMILES string of the molecule is CC1C=c2c(c3cc(-c4ccc5c(c4)c4ccccc4n5-c4ccccc4)ccc3n2-c2cccc(-c3cccc(-c4cc(-c5ccccc5)nc(-c5ccccc5)n4)c3)c2)=CC1. The molecule has 1 aliphatic rings. The van der Waals surface area contributed by atoms with Crippen molar-refractivity contribution in [1.29, 1.82) is 0 Å². The summed E-state index contributed by atoms with van der Waals surface area (Å²) in [5.74, 6) is 1.16. The molecule has 0 N–H and O–H groups in total. The summed E-state index contributed by atoms with van der Waals surface area (Å²) < 4.78 is 4.84. The van der Waals surface area contributed by atoms with Crippen LogP contribution in [0.3, 0.4) is 0 Å². The number of para-hydroxylation sites is 2. The monoisotopic (exact) mass is 806 g/mol. The van der Waals surface area contributed by atoms with E-state index in [1.54, 1.807) is 0 Å². The number of aromatic nitrogens is 4. The normalized spacial score (nSPS) is 13.5. The van der Waals surface area contributed by atoms with Crippen LogP contribution in [0.5, 0.6) is 0 Å². The molecule has 0 saturated carbocycles. The third-order valence-corrected chi connectivity index (χ3v) is 12.6. The predicted molar refractivity (Wildman–Crippen MR) is 262 cm³/mol. The Morgan fingerprint density at radius 2 is 0.937 bits per heavy atom. The fourth-order valence-corrected chi connectivity index (χ4v) is 9.57. The van der Waals surface area contributed by atoms with Crippen LogP contribution >= 0.6 is 0 Å². The molecule has 0 radical (unpaired) electrons. The molecular weight excluding hydrogens is 765 g/mol. The summed E-state index contributed by atoms with van der Waals surface area (Å²) >= 11 is 0. The van der Waals surface area contributed by atoms with Gasteiger partial charge in [-0.15, -0.1) is 0 Å². The number of hydrogen-bond acceptors (Lipinski definition) is 2. The second-order valence-corrected chi connectivity index (χ2v) is 16.7. The summed E-state index contributed by atoms with van der Waals surface area (Å²) in [6.07, 6.45) is 5.92. The Morgan fingerprint density at radius 1 is 0.397 bits per heavy atom. The molecule has 12 rings (SSSR count). The first-order valence-electron chi connectivity index (χ1n) is 21.8. The van der Waals surface area contributed by atoms with Gasteiger partial charge < -0.3 is 9.13 Å². The highest BCUT2D eigenvalue weighted by Gasteiger charge is 2.18. The molecule has 0 bridgehead atoms. The average Bonchev–Trinajstić information content (AvgIpc) is 3.86. The van der Waals surface area contributed by atoms with Gasteiger partial charge in [0.05, 0.1) is 33.3 Å². The molecule has 11 aromatic rings. The molecular formula is C59H42N4. The molecule has 4 heteroatoms. The van der Waals surface area contributed by atoms with Crippen molar-refractivity contribution >= 4 is 44.9 Å². The lowest BCUT2D eigenvalue weighted by Gasteiger charge is -2.13. The van der Waals surface area contributed by atoms with E-state index >= 15 is 0 Å². The first-order chi connectivity index (χ1) is 31.1. The van der Waals surface area contributed by atoms with Gasteiger partial charge in [0.1, 0.15) is 0 Å². The molecule has 3 aromatic heterocycles. The Bertz CT molecular complexity index is 3600. The second kappa shape index (κ2) is 15.1. The molecule has 1 atom stereocenters. The Labute approximate surface area is 366 Å². The van der Waals surface area contributed by atoms with Gasteiger partial charge >= 0.3 is 0 Å². The summed E-state index contributed by atoms with van der Waals surface area (Å²) in [5.41, 5.74) is 15.6. The minimum Gasteiger partial charge on any atom is -0.310 e. The van der Waals surface area contributed by atoms with Crippen LogP contribution in [-0.4, -0.2) is 19.1 Å². The zero-order chi connectivity index (χ0) is 41.9. The lowest BCUT2D eigenvalue weighted by atomic mass is 9.99. The van der Waals surface area contributed by atoms with Gasteiger partial charge in [-0.25, -0.2) is 9.97 Å². The lowest BCUT2D eigenvalue weighted by molar-refractivity contribution is 0.793. The number of rotatable bonds is 7. The summed E-state index contributed by atoms with van der Waals surface area (Å²) in [6, 6.07) is 73.8. The second-order valence-electron chi connectivity index (χ2n) is 16.7. The van der Waals surface area contributed by atoms with Crippen LogP contribution in [0, 0.1) is 5.92 Å². The van der Waals surface area contributed by atoms with Gasteiger partial charge in [0.2, 0.25) is 0 Å². The Balaban J connectivity index is 0.954. The topological polar surface area (TPSA) is 35.6 Å². The van der Waals surface area contributed by atoms with Crippen molar-refractivity contribution in [2.45, 2.75) is 13.3 Å². The minimum absolute atomic E-state index is 0.443. The summed E-state index contributed by atoms with van der Waals surface area (Å²) in [7, 11) is 0. The molecule has 0 saturated heterocycles. The van der Waals surface area contributed by atoms with Crippen molar-refractivity contribution in [3.05, 3.63) is 217 Å². The first-order valence-corrected chi connectivity index (χ1v) is 21.8. The van der Waals surface area contributed by atoms with E-state index in [1.807, 2.05) is 24.3 Å². The molecule has 63 heavy (non-hydrogen) atoms. The average molecular weight is 807 g/mol. The zero-order valence-electron chi connectivity index (χ0n) is 34.9. The van der Waals surface area contributed by atoms with Crippen molar-refractivity contribution in [2.24, 2.45) is 5.92 Å². The van der Waals surface area contributed by atoms with Gasteiger partial charge in [-0.1, -0.05) is 159 Å². The summed E-state index contributed by atoms with van der Waals surface area (Å²) in [6.45, 7) is 2.31. The number of nitrogens with zero attached hydrogens (tertiary/aromatic N) is 4. The Hall–Kier alpha value is -8.08. The predicted octanol–water partition coefficient (Wildman–Crippen LogP) is 13.5. The summed E-state index contributed by atoms with van der Waals surface area (Å²) in [4.78, 5) is 10.2. The quantitative estimate of drug-likeness (QED) is 0.161. The number of hydrogen-bond donors (Lipinski definition) is 0. The third-order valence-electron chi connectivity index (χ3n) is 12.6. The fourth-order valence-electron chi connectivity index (χ4n) is 9.57. The van der Waals surface area contributed by atoms with Gasteiger partial charge in [0, 0.05) is 49.4 Å². The van der Waals surface area contributed by atoms with Gasteiger partial charge in [0.25, 0.3) is 0 Å². The number of benzene rings is 8. The standard InChI is InChI=1S/C59H42N4/c1-39-27-30-50-52-37-45(44-28-31-56-51(36-44)49-25-11-12-26-55(49)62(56)47-22-9-4-10-23-47)29-32-57(52)63(58(50)33-39)48-24-14-20-43(35-48)42-19-13-21-46(34-42)54-38-53(40-15-5-2-6-16-40)60-59(61-54)41-17-7-3-8-18-41/h2-26,28-39H,27H2,1H3. The highest BCUT2D eigenvalue weighted by molar-refractivity contribution is 6.10. The van der Waals surface area contributed by atoms with Crippen LogP contribution in [0.1, 0.15) is 13.3 Å². The van der Waals surface area contributed by atoms with Gasteiger partial charge in [-0.2, -0.15) is 0 Å². The van der Waals surface area contributed by atoms with E-state index in [9.17, 15) is 0 Å². The van der Waals surface area contributed by atoms with E-state index < -0.39 is 0 Å². The van der Waals surface area contributed by atoms with Crippen molar-refractivity contribution < 1.29 is 0 Å². The molecule has 1 unspecified atom stereocenters. The van der Waals surface area contributed by atoms with Crippen LogP contribution in [-0.2, 0) is 0 Å². The molecule has 0 amide bonds. The minimum atomic E-state index is 0.443. The molecule has 8 aromatic carbocycles. The maximum absolute atomic E-state index is 5.13. The molecule has 4 nitrogen and oxygen atoms in total. The van der Waals surface area contributed by atoms with Gasteiger partial charge in [0.15, 0.2) is 5.82 Å². The fraction of sp³-hybridized carbons (Fsp3) is 0.0508. The van der Waals surface area contributed by atoms with E-state index in [4.69, 9.17) is 9.97 Å². The van der Waals surface area contributed by atoms with Crippen molar-refractivity contribution in [2.75, 3.05) is 0 Å². The first kappa shape index (κ1) is 36.7. The van der Waals surface area contributed by atoms with E-state index in [0.717, 1.165) is 51.3 Å². The van der Waals surface area contributed by atoms with Gasteiger partial charge in [-0.3, -0.25) is 0 Å². The Morgan fingerprint density at radius 3 is 1.70 bits per heavy atom.